The van der Waals surface area contributed by atoms with Gasteiger partial charge in [-0.25, -0.2) is 5.43 Å². The van der Waals surface area contributed by atoms with Crippen LogP contribution in [0.3, 0.4) is 0 Å². The molecule has 0 aliphatic heterocycles. The molecule has 1 aromatic heterocycles. The summed E-state index contributed by atoms with van der Waals surface area (Å²) < 4.78 is 4.90. The topological polar surface area (TPSA) is 97.7 Å². The van der Waals surface area contributed by atoms with Crippen LogP contribution >= 0.6 is 0 Å². The molecular formula is C14H13N3O4. The minimum atomic E-state index is -0.490. The number of carbonyl (C=O) groups excluding carboxylic acids is 1. The highest BCUT2D eigenvalue weighted by atomic mass is 16.6. The molecule has 0 aliphatic carbocycles. The van der Waals surface area contributed by atoms with Crippen LogP contribution in [-0.4, -0.2) is 17.0 Å². The fourth-order valence-corrected chi connectivity index (χ4v) is 1.76. The summed E-state index contributed by atoms with van der Waals surface area (Å²) in [5, 5.41) is 14.7. The van der Waals surface area contributed by atoms with E-state index in [9.17, 15) is 14.9 Å². The van der Waals surface area contributed by atoms with Gasteiger partial charge >= 0.3 is 5.91 Å². The van der Waals surface area contributed by atoms with Crippen LogP contribution in [0.1, 0.15) is 28.6 Å². The van der Waals surface area contributed by atoms with Crippen LogP contribution < -0.4 is 5.43 Å². The fourth-order valence-electron chi connectivity index (χ4n) is 1.76. The summed E-state index contributed by atoms with van der Waals surface area (Å²) in [6, 6.07) is 7.89. The summed E-state index contributed by atoms with van der Waals surface area (Å²) in [5.41, 5.74) is 3.49. The molecule has 7 nitrogen and oxygen atoms in total. The molecule has 0 spiro atoms. The van der Waals surface area contributed by atoms with Gasteiger partial charge in [0, 0.05) is 17.2 Å². The smallest absolute Gasteiger partial charge is 0.307 e. The second-order valence-electron chi connectivity index (χ2n) is 4.18. The van der Waals surface area contributed by atoms with E-state index in [1.807, 2.05) is 6.92 Å². The highest BCUT2D eigenvalue weighted by Gasteiger charge is 2.12. The Kier molecular flexibility index (Phi) is 4.45. The molecule has 0 atom stereocenters. The number of nitro benzene ring substituents is 1. The van der Waals surface area contributed by atoms with Crippen molar-refractivity contribution < 1.29 is 14.1 Å². The first-order valence-electron chi connectivity index (χ1n) is 6.26. The van der Waals surface area contributed by atoms with E-state index in [2.05, 4.69) is 10.5 Å². The van der Waals surface area contributed by atoms with Crippen LogP contribution in [0.2, 0.25) is 0 Å². The number of nitro groups is 1. The van der Waals surface area contributed by atoms with Crippen molar-refractivity contribution in [3.63, 3.8) is 0 Å². The number of hydrogen-bond acceptors (Lipinski definition) is 5. The average molecular weight is 287 g/mol. The number of rotatable bonds is 5. The lowest BCUT2D eigenvalue weighted by molar-refractivity contribution is -0.385. The van der Waals surface area contributed by atoms with Crippen LogP contribution in [0.15, 0.2) is 46.1 Å². The second kappa shape index (κ2) is 6.47. The Morgan fingerprint density at radius 2 is 2.29 bits per heavy atom. The normalized spacial score (nSPS) is 10.7. The van der Waals surface area contributed by atoms with Gasteiger partial charge in [-0.15, -0.1) is 0 Å². The molecule has 0 aliphatic rings. The third-order valence-electron chi connectivity index (χ3n) is 2.81. The Morgan fingerprint density at radius 1 is 1.48 bits per heavy atom. The lowest BCUT2D eigenvalue weighted by atomic mass is 10.1. The van der Waals surface area contributed by atoms with E-state index in [1.54, 1.807) is 18.2 Å². The summed E-state index contributed by atoms with van der Waals surface area (Å²) in [4.78, 5) is 22.1. The zero-order valence-electron chi connectivity index (χ0n) is 11.3. The van der Waals surface area contributed by atoms with Gasteiger partial charge in [0.25, 0.3) is 5.69 Å². The Hall–Kier alpha value is -2.96. The zero-order valence-corrected chi connectivity index (χ0v) is 11.3. The van der Waals surface area contributed by atoms with E-state index in [1.165, 1.54) is 24.6 Å². The maximum Gasteiger partial charge on any atom is 0.307 e. The fraction of sp³-hybridized carbons (Fsp3) is 0.143. The van der Waals surface area contributed by atoms with Crippen molar-refractivity contribution in [2.24, 2.45) is 5.10 Å². The van der Waals surface area contributed by atoms with Gasteiger partial charge in [-0.05, 0) is 18.6 Å². The first kappa shape index (κ1) is 14.4. The van der Waals surface area contributed by atoms with Crippen molar-refractivity contribution in [1.29, 1.82) is 0 Å². The standard InChI is InChI=1S/C14H13N3O4/c1-2-11-6-5-10(8-12(11)17(19)20)9-15-16-14(18)13-4-3-7-21-13/h3-9H,2H2,1H3,(H,16,18)/b15-9-. The molecule has 0 fully saturated rings. The lowest BCUT2D eigenvalue weighted by Gasteiger charge is -2.01. The van der Waals surface area contributed by atoms with Crippen LogP contribution in [0.25, 0.3) is 0 Å². The van der Waals surface area contributed by atoms with Gasteiger partial charge < -0.3 is 4.42 Å². The molecule has 1 aromatic carbocycles. The first-order valence-corrected chi connectivity index (χ1v) is 6.26. The van der Waals surface area contributed by atoms with Gasteiger partial charge in [-0.1, -0.05) is 19.1 Å². The van der Waals surface area contributed by atoms with Crippen LogP contribution in [-0.2, 0) is 6.42 Å². The number of furan rings is 1. The monoisotopic (exact) mass is 287 g/mol. The van der Waals surface area contributed by atoms with Gasteiger partial charge in [0.2, 0.25) is 0 Å². The molecular weight excluding hydrogens is 274 g/mol. The van der Waals surface area contributed by atoms with Crippen molar-refractivity contribution in [2.75, 3.05) is 0 Å². The summed E-state index contributed by atoms with van der Waals surface area (Å²) in [7, 11) is 0. The molecule has 1 heterocycles. The van der Waals surface area contributed by atoms with E-state index < -0.39 is 10.8 Å². The summed E-state index contributed by atoms with van der Waals surface area (Å²) >= 11 is 0. The van der Waals surface area contributed by atoms with Gasteiger partial charge in [0.05, 0.1) is 17.4 Å². The summed E-state index contributed by atoms with van der Waals surface area (Å²) in [6.07, 6.45) is 3.29. The van der Waals surface area contributed by atoms with E-state index in [0.29, 0.717) is 17.5 Å². The quantitative estimate of drug-likeness (QED) is 0.519. The third kappa shape index (κ3) is 3.53. The number of hydrazone groups is 1. The Labute approximate surface area is 120 Å². The second-order valence-corrected chi connectivity index (χ2v) is 4.18. The van der Waals surface area contributed by atoms with Crippen molar-refractivity contribution in [2.45, 2.75) is 13.3 Å². The molecule has 0 saturated heterocycles. The maximum atomic E-state index is 11.5. The number of nitrogens with one attached hydrogen (secondary N) is 1. The van der Waals surface area contributed by atoms with E-state index in [-0.39, 0.29) is 11.4 Å². The lowest BCUT2D eigenvalue weighted by Crippen LogP contribution is -2.16. The molecule has 0 unspecified atom stereocenters. The number of amides is 1. The van der Waals surface area contributed by atoms with Crippen LogP contribution in [0.4, 0.5) is 5.69 Å². The molecule has 1 amide bonds. The van der Waals surface area contributed by atoms with Crippen LogP contribution in [0, 0.1) is 10.1 Å². The number of hydrogen-bond donors (Lipinski definition) is 1. The molecule has 7 heteroatoms. The minimum Gasteiger partial charge on any atom is -0.459 e. The molecule has 2 rings (SSSR count). The zero-order chi connectivity index (χ0) is 15.2. The summed E-state index contributed by atoms with van der Waals surface area (Å²) in [6.45, 7) is 1.85. The van der Waals surface area contributed by atoms with Crippen molar-refractivity contribution in [3.05, 3.63) is 63.6 Å². The molecule has 1 N–H and O–H groups in total. The molecule has 0 bridgehead atoms. The molecule has 21 heavy (non-hydrogen) atoms. The third-order valence-corrected chi connectivity index (χ3v) is 2.81. The largest absolute Gasteiger partial charge is 0.459 e. The van der Waals surface area contributed by atoms with Gasteiger partial charge in [0.1, 0.15) is 0 Å². The number of carbonyl (C=O) groups is 1. The maximum absolute atomic E-state index is 11.5. The minimum absolute atomic E-state index is 0.0406. The highest BCUT2D eigenvalue weighted by Crippen LogP contribution is 2.20. The van der Waals surface area contributed by atoms with Gasteiger partial charge in [0.15, 0.2) is 5.76 Å². The molecule has 2 aromatic rings. The average Bonchev–Trinajstić information content (AvgIpc) is 3.01. The van der Waals surface area contributed by atoms with Crippen molar-refractivity contribution in [3.8, 4) is 0 Å². The highest BCUT2D eigenvalue weighted by molar-refractivity contribution is 5.92. The summed E-state index contributed by atoms with van der Waals surface area (Å²) in [5.74, 6) is -0.351. The first-order chi connectivity index (χ1) is 10.1. The predicted molar refractivity (Wildman–Crippen MR) is 76.2 cm³/mol. The number of aryl methyl sites for hydroxylation is 1. The van der Waals surface area contributed by atoms with E-state index in [4.69, 9.17) is 4.42 Å². The van der Waals surface area contributed by atoms with Gasteiger partial charge in [-0.3, -0.25) is 14.9 Å². The molecule has 0 saturated carbocycles. The number of nitrogens with zero attached hydrogens (tertiary/aromatic N) is 2. The van der Waals surface area contributed by atoms with Crippen LogP contribution in [0.5, 0.6) is 0 Å². The molecule has 0 radical (unpaired) electrons. The Morgan fingerprint density at radius 3 is 2.90 bits per heavy atom. The van der Waals surface area contributed by atoms with Crippen molar-refractivity contribution in [1.82, 2.24) is 5.43 Å². The Balaban J connectivity index is 2.09. The number of benzene rings is 1. The van der Waals surface area contributed by atoms with Gasteiger partial charge in [-0.2, -0.15) is 5.10 Å². The molecule has 108 valence electrons. The van der Waals surface area contributed by atoms with E-state index in [0.717, 1.165) is 0 Å². The SMILES string of the molecule is CCc1ccc(/C=N\NC(=O)c2ccco2)cc1[N+](=O)[O-]. The van der Waals surface area contributed by atoms with E-state index >= 15 is 0 Å². The van der Waals surface area contributed by atoms with Crippen molar-refractivity contribution >= 4 is 17.8 Å². The predicted octanol–water partition coefficient (Wildman–Crippen LogP) is 2.51. The Bertz CT molecular complexity index is 678.